The number of amides is 2. The Morgan fingerprint density at radius 2 is 1.72 bits per heavy atom. The van der Waals surface area contributed by atoms with Gasteiger partial charge in [-0.15, -0.1) is 0 Å². The van der Waals surface area contributed by atoms with Crippen molar-refractivity contribution in [3.63, 3.8) is 0 Å². The largest absolute Gasteiger partial charge is 0.341 e. The molecule has 0 bridgehead atoms. The van der Waals surface area contributed by atoms with Crippen LogP contribution in [0.15, 0.2) is 42.5 Å². The van der Waals surface area contributed by atoms with Crippen LogP contribution in [0.3, 0.4) is 0 Å². The molecule has 0 aliphatic carbocycles. The maximum absolute atomic E-state index is 13.0. The molecule has 4 rings (SSSR count). The summed E-state index contributed by atoms with van der Waals surface area (Å²) in [5.41, 5.74) is 5.77. The number of nitrogens with zero attached hydrogens (tertiary/aromatic N) is 1. The fraction of sp³-hybridized carbons (Fsp3) is 0.417. The number of benzene rings is 2. The highest BCUT2D eigenvalue weighted by atomic mass is 16.2. The van der Waals surface area contributed by atoms with Gasteiger partial charge in [0.15, 0.2) is 0 Å². The van der Waals surface area contributed by atoms with Gasteiger partial charge in [-0.05, 0) is 67.5 Å². The molecule has 2 aromatic rings. The van der Waals surface area contributed by atoms with E-state index in [1.807, 2.05) is 42.2 Å². The molecule has 2 aliphatic heterocycles. The van der Waals surface area contributed by atoms with Gasteiger partial charge in [-0.25, -0.2) is 0 Å². The molecular weight excluding hydrogens is 362 g/mol. The van der Waals surface area contributed by atoms with Gasteiger partial charge in [-0.3, -0.25) is 9.59 Å². The second-order valence-corrected chi connectivity index (χ2v) is 8.29. The first-order valence-corrected chi connectivity index (χ1v) is 10.5. The third-order valence-electron chi connectivity index (χ3n) is 6.33. The number of fused-ring (bicyclic) bond motifs is 1. The van der Waals surface area contributed by atoms with E-state index in [0.717, 1.165) is 18.7 Å². The molecule has 1 unspecified atom stereocenters. The van der Waals surface area contributed by atoms with Gasteiger partial charge in [0.2, 0.25) is 11.8 Å². The summed E-state index contributed by atoms with van der Waals surface area (Å²) < 4.78 is 0. The number of likely N-dealkylation sites (tertiary alicyclic amines) is 1. The van der Waals surface area contributed by atoms with E-state index in [1.165, 1.54) is 22.3 Å². The van der Waals surface area contributed by atoms with Crippen LogP contribution in [0.25, 0.3) is 0 Å². The van der Waals surface area contributed by atoms with Crippen LogP contribution in [-0.4, -0.2) is 35.8 Å². The number of carbonyl (C=O) groups excluding carboxylic acids is 2. The van der Waals surface area contributed by atoms with E-state index in [0.29, 0.717) is 25.9 Å². The Labute approximate surface area is 172 Å². The topological polar surface area (TPSA) is 61.4 Å². The molecule has 0 spiro atoms. The summed E-state index contributed by atoms with van der Waals surface area (Å²) >= 11 is 0. The molecule has 1 fully saturated rings. The Balaban J connectivity index is 1.30. The van der Waals surface area contributed by atoms with Crippen molar-refractivity contribution in [3.8, 4) is 0 Å². The Morgan fingerprint density at radius 1 is 1.00 bits per heavy atom. The van der Waals surface area contributed by atoms with Crippen molar-refractivity contribution in [1.29, 1.82) is 0 Å². The number of aryl methyl sites for hydroxylation is 2. The van der Waals surface area contributed by atoms with Crippen molar-refractivity contribution in [3.05, 3.63) is 64.7 Å². The van der Waals surface area contributed by atoms with E-state index in [-0.39, 0.29) is 23.8 Å². The van der Waals surface area contributed by atoms with Crippen LogP contribution in [0.4, 0.5) is 5.69 Å². The highest BCUT2D eigenvalue weighted by molar-refractivity contribution is 5.93. The molecule has 1 saturated heterocycles. The zero-order valence-electron chi connectivity index (χ0n) is 17.2. The summed E-state index contributed by atoms with van der Waals surface area (Å²) in [6, 6.07) is 14.1. The number of nitrogens with one attached hydrogen (secondary N) is 2. The molecule has 0 aromatic heterocycles. The van der Waals surface area contributed by atoms with Crippen molar-refractivity contribution in [2.24, 2.45) is 5.92 Å². The van der Waals surface area contributed by atoms with E-state index >= 15 is 0 Å². The van der Waals surface area contributed by atoms with Gasteiger partial charge in [0, 0.05) is 31.2 Å². The second-order valence-electron chi connectivity index (χ2n) is 8.29. The lowest BCUT2D eigenvalue weighted by molar-refractivity contribution is -0.136. The molecule has 2 amide bonds. The van der Waals surface area contributed by atoms with E-state index in [9.17, 15) is 9.59 Å². The Morgan fingerprint density at radius 3 is 2.45 bits per heavy atom. The summed E-state index contributed by atoms with van der Waals surface area (Å²) in [4.78, 5) is 27.5. The lowest BCUT2D eigenvalue weighted by atomic mass is 9.92. The maximum Gasteiger partial charge on any atom is 0.240 e. The van der Waals surface area contributed by atoms with Crippen molar-refractivity contribution in [2.75, 3.05) is 18.4 Å². The molecular formula is C24H29N3O2. The van der Waals surface area contributed by atoms with Crippen molar-refractivity contribution in [1.82, 2.24) is 10.2 Å². The number of piperidine rings is 1. The molecule has 0 saturated carbocycles. The predicted molar refractivity (Wildman–Crippen MR) is 115 cm³/mol. The number of carbonyl (C=O) groups is 2. The first-order chi connectivity index (χ1) is 14.0. The average molecular weight is 392 g/mol. The van der Waals surface area contributed by atoms with Crippen LogP contribution in [0, 0.1) is 19.8 Å². The summed E-state index contributed by atoms with van der Waals surface area (Å²) in [6.45, 7) is 6.13. The van der Waals surface area contributed by atoms with E-state index in [4.69, 9.17) is 0 Å². The van der Waals surface area contributed by atoms with Crippen molar-refractivity contribution in [2.45, 2.75) is 45.7 Å². The van der Waals surface area contributed by atoms with Crippen LogP contribution >= 0.6 is 0 Å². The summed E-state index contributed by atoms with van der Waals surface area (Å²) in [7, 11) is 0. The van der Waals surface area contributed by atoms with Gasteiger partial charge in [0.05, 0.1) is 6.04 Å². The fourth-order valence-electron chi connectivity index (χ4n) is 4.27. The third-order valence-corrected chi connectivity index (χ3v) is 6.33. The summed E-state index contributed by atoms with van der Waals surface area (Å²) in [5, 5.41) is 6.42. The third kappa shape index (κ3) is 4.35. The normalized spacial score (nSPS) is 19.5. The lowest BCUT2D eigenvalue weighted by Gasteiger charge is -2.35. The van der Waals surface area contributed by atoms with Crippen LogP contribution in [-0.2, 0) is 22.6 Å². The molecule has 2 aromatic carbocycles. The minimum absolute atomic E-state index is 0.0410. The zero-order valence-corrected chi connectivity index (χ0v) is 17.2. The smallest absolute Gasteiger partial charge is 0.240 e. The second kappa shape index (κ2) is 8.37. The fourth-order valence-corrected chi connectivity index (χ4v) is 4.27. The SMILES string of the molecule is Cc1ccc(NC(=O)C2CCN(C(=O)C3Cc4ccccc4CN3)CC2)cc1C. The van der Waals surface area contributed by atoms with Crippen molar-refractivity contribution < 1.29 is 9.59 Å². The van der Waals surface area contributed by atoms with Crippen LogP contribution in [0.1, 0.15) is 35.1 Å². The quantitative estimate of drug-likeness (QED) is 0.845. The minimum atomic E-state index is -0.161. The highest BCUT2D eigenvalue weighted by Gasteiger charge is 2.32. The molecule has 2 heterocycles. The zero-order chi connectivity index (χ0) is 20.4. The Bertz CT molecular complexity index is 916. The molecule has 5 nitrogen and oxygen atoms in total. The summed E-state index contributed by atoms with van der Waals surface area (Å²) in [6.07, 6.45) is 2.17. The predicted octanol–water partition coefficient (Wildman–Crippen LogP) is 3.20. The van der Waals surface area contributed by atoms with Crippen LogP contribution in [0.2, 0.25) is 0 Å². The van der Waals surface area contributed by atoms with Crippen LogP contribution < -0.4 is 10.6 Å². The van der Waals surface area contributed by atoms with Gasteiger partial charge >= 0.3 is 0 Å². The molecule has 152 valence electrons. The van der Waals surface area contributed by atoms with Gasteiger partial charge in [-0.1, -0.05) is 30.3 Å². The number of anilines is 1. The van der Waals surface area contributed by atoms with Gasteiger partial charge in [0.25, 0.3) is 0 Å². The van der Waals surface area contributed by atoms with Crippen LogP contribution in [0.5, 0.6) is 0 Å². The highest BCUT2D eigenvalue weighted by Crippen LogP contribution is 2.23. The molecule has 2 aliphatic rings. The first kappa shape index (κ1) is 19.6. The van der Waals surface area contributed by atoms with E-state index in [1.54, 1.807) is 0 Å². The van der Waals surface area contributed by atoms with Gasteiger partial charge in [0.1, 0.15) is 0 Å². The van der Waals surface area contributed by atoms with E-state index in [2.05, 4.69) is 29.7 Å². The number of rotatable bonds is 3. The van der Waals surface area contributed by atoms with E-state index < -0.39 is 0 Å². The standard InChI is InChI=1S/C24H29N3O2/c1-16-7-8-21(13-17(16)2)26-23(28)18-9-11-27(12-10-18)24(29)22-14-19-5-3-4-6-20(19)15-25-22/h3-8,13,18,22,25H,9-12,14-15H2,1-2H3,(H,26,28). The first-order valence-electron chi connectivity index (χ1n) is 10.5. The lowest BCUT2D eigenvalue weighted by Crippen LogP contribution is -2.52. The Hall–Kier alpha value is -2.66. The number of hydrogen-bond acceptors (Lipinski definition) is 3. The Kier molecular flexibility index (Phi) is 5.67. The molecule has 1 atom stereocenters. The van der Waals surface area contributed by atoms with Gasteiger partial charge < -0.3 is 15.5 Å². The monoisotopic (exact) mass is 391 g/mol. The molecule has 2 N–H and O–H groups in total. The minimum Gasteiger partial charge on any atom is -0.341 e. The maximum atomic E-state index is 13.0. The molecule has 0 radical (unpaired) electrons. The van der Waals surface area contributed by atoms with Crippen molar-refractivity contribution >= 4 is 17.5 Å². The van der Waals surface area contributed by atoms with Gasteiger partial charge in [-0.2, -0.15) is 0 Å². The average Bonchev–Trinajstić information content (AvgIpc) is 2.75. The molecule has 29 heavy (non-hydrogen) atoms. The number of hydrogen-bond donors (Lipinski definition) is 2. The molecule has 5 heteroatoms. The summed E-state index contributed by atoms with van der Waals surface area (Å²) in [5.74, 6) is 0.179.